The number of aromatic nitrogens is 3. The van der Waals surface area contributed by atoms with E-state index in [1.807, 2.05) is 0 Å². The molecule has 1 aromatic carbocycles. The average molecular weight is 545 g/mol. The molecule has 2 amide bonds. The first-order chi connectivity index (χ1) is 18.6. The van der Waals surface area contributed by atoms with Gasteiger partial charge < -0.3 is 25.2 Å². The fraction of sp³-hybridized carbons (Fsp3) is 0.385. The summed E-state index contributed by atoms with van der Waals surface area (Å²) >= 11 is 0. The van der Waals surface area contributed by atoms with Crippen molar-refractivity contribution < 1.29 is 32.9 Å². The molecule has 4 heterocycles. The minimum Gasteiger partial charge on any atom is -0.489 e. The van der Waals surface area contributed by atoms with Crippen LogP contribution < -0.4 is 19.9 Å². The van der Waals surface area contributed by atoms with Crippen LogP contribution in [0.2, 0.25) is 0 Å². The van der Waals surface area contributed by atoms with Gasteiger partial charge in [0.15, 0.2) is 11.6 Å². The maximum absolute atomic E-state index is 13.6. The predicted octanol–water partition coefficient (Wildman–Crippen LogP) is 3.62. The number of nitrogens with zero attached hydrogens (tertiary/aromatic N) is 5. The van der Waals surface area contributed by atoms with Gasteiger partial charge in [-0.3, -0.25) is 9.88 Å². The number of aliphatic hydroxyl groups excluding tert-OH is 2. The number of urea groups is 1. The smallest absolute Gasteiger partial charge is 0.416 e. The van der Waals surface area contributed by atoms with Gasteiger partial charge in [-0.05, 0) is 31.9 Å². The number of piperidine rings is 1. The zero-order valence-electron chi connectivity index (χ0n) is 21.0. The van der Waals surface area contributed by atoms with Gasteiger partial charge in [-0.2, -0.15) is 13.2 Å². The van der Waals surface area contributed by atoms with Crippen molar-refractivity contribution in [3.63, 3.8) is 0 Å². The van der Waals surface area contributed by atoms with E-state index in [-0.39, 0.29) is 29.8 Å². The summed E-state index contributed by atoms with van der Waals surface area (Å²) in [5, 5.41) is 21.3. The zero-order chi connectivity index (χ0) is 27.7. The number of hydrogen-bond acceptors (Lipinski definition) is 8. The van der Waals surface area contributed by atoms with E-state index in [1.54, 1.807) is 11.8 Å². The highest BCUT2D eigenvalue weighted by atomic mass is 19.4. The topological polar surface area (TPSA) is 124 Å². The van der Waals surface area contributed by atoms with Crippen molar-refractivity contribution in [3.05, 3.63) is 54.0 Å². The quantitative estimate of drug-likeness (QED) is 0.430. The van der Waals surface area contributed by atoms with Crippen LogP contribution in [0.1, 0.15) is 24.1 Å². The standard InChI is InChI=1S/C26H27F3N6O4/c1-15-22-24(33-23(31-15)16-4-2-5-17(8-16)26(27,28)29)35(19-6-3-7-34(22)12-19)25(38)32-18-9-21(11-30-10-18)39-14-20(37)13-36/h2,4-5,8-11,19-20,36-37H,3,6-7,12-14H2,1H3,(H,32,38). The Morgan fingerprint density at radius 2 is 2.08 bits per heavy atom. The minimum atomic E-state index is -4.52. The monoisotopic (exact) mass is 544 g/mol. The molecule has 1 fully saturated rings. The van der Waals surface area contributed by atoms with E-state index in [4.69, 9.17) is 9.84 Å². The van der Waals surface area contributed by atoms with Crippen LogP contribution in [-0.4, -0.2) is 69.6 Å². The van der Waals surface area contributed by atoms with Gasteiger partial charge in [-0.25, -0.2) is 14.8 Å². The van der Waals surface area contributed by atoms with Gasteiger partial charge in [0, 0.05) is 24.7 Å². The van der Waals surface area contributed by atoms with Gasteiger partial charge >= 0.3 is 12.2 Å². The zero-order valence-corrected chi connectivity index (χ0v) is 21.0. The molecular weight excluding hydrogens is 517 g/mol. The Morgan fingerprint density at radius 1 is 1.26 bits per heavy atom. The maximum Gasteiger partial charge on any atom is 0.416 e. The van der Waals surface area contributed by atoms with Crippen LogP contribution in [0.3, 0.4) is 0 Å². The highest BCUT2D eigenvalue weighted by molar-refractivity contribution is 6.04. The number of aryl methyl sites for hydroxylation is 1. The largest absolute Gasteiger partial charge is 0.489 e. The summed E-state index contributed by atoms with van der Waals surface area (Å²) in [6.07, 6.45) is -1.16. The van der Waals surface area contributed by atoms with E-state index >= 15 is 0 Å². The first-order valence-electron chi connectivity index (χ1n) is 12.4. The van der Waals surface area contributed by atoms with Gasteiger partial charge in [0.05, 0.1) is 42.0 Å². The molecule has 3 aromatic rings. The third-order valence-corrected chi connectivity index (χ3v) is 6.63. The third-order valence-electron chi connectivity index (χ3n) is 6.63. The van der Waals surface area contributed by atoms with Crippen molar-refractivity contribution in [2.24, 2.45) is 0 Å². The molecule has 39 heavy (non-hydrogen) atoms. The number of aliphatic hydroxyl groups is 2. The number of carbonyl (C=O) groups excluding carboxylic acids is 1. The van der Waals surface area contributed by atoms with Gasteiger partial charge in [0.2, 0.25) is 0 Å². The molecule has 5 rings (SSSR count). The van der Waals surface area contributed by atoms with Crippen molar-refractivity contribution in [2.45, 2.75) is 38.1 Å². The molecule has 13 heteroatoms. The van der Waals surface area contributed by atoms with Crippen LogP contribution in [0.25, 0.3) is 11.4 Å². The van der Waals surface area contributed by atoms with Crippen molar-refractivity contribution >= 4 is 23.2 Å². The Labute approximate surface area is 222 Å². The van der Waals surface area contributed by atoms with Crippen molar-refractivity contribution in [1.82, 2.24) is 15.0 Å². The average Bonchev–Trinajstić information content (AvgIpc) is 2.91. The second kappa shape index (κ2) is 10.7. The van der Waals surface area contributed by atoms with Gasteiger partial charge in [0.25, 0.3) is 0 Å². The fourth-order valence-electron chi connectivity index (χ4n) is 4.85. The van der Waals surface area contributed by atoms with Crippen LogP contribution in [0, 0.1) is 6.92 Å². The van der Waals surface area contributed by atoms with E-state index in [2.05, 4.69) is 25.2 Å². The molecule has 2 atom stereocenters. The Morgan fingerprint density at radius 3 is 2.85 bits per heavy atom. The number of pyridine rings is 1. The van der Waals surface area contributed by atoms with E-state index in [1.165, 1.54) is 30.6 Å². The van der Waals surface area contributed by atoms with Crippen molar-refractivity contribution in [2.75, 3.05) is 41.4 Å². The van der Waals surface area contributed by atoms with E-state index < -0.39 is 30.5 Å². The summed E-state index contributed by atoms with van der Waals surface area (Å²) in [5.74, 6) is 0.707. The summed E-state index contributed by atoms with van der Waals surface area (Å²) in [7, 11) is 0. The molecule has 2 aliphatic heterocycles. The first-order valence-corrected chi connectivity index (χ1v) is 12.4. The van der Waals surface area contributed by atoms with E-state index in [0.717, 1.165) is 31.5 Å². The summed E-state index contributed by atoms with van der Waals surface area (Å²) in [5.41, 5.74) is 0.950. The number of ether oxygens (including phenoxy) is 1. The Hall–Kier alpha value is -3.97. The molecule has 0 spiro atoms. The van der Waals surface area contributed by atoms with Gasteiger partial charge in [-0.1, -0.05) is 12.1 Å². The fourth-order valence-corrected chi connectivity index (χ4v) is 4.85. The Bertz CT molecular complexity index is 1370. The van der Waals surface area contributed by atoms with Crippen molar-refractivity contribution in [3.8, 4) is 17.1 Å². The number of anilines is 3. The SMILES string of the molecule is Cc1nc(-c2cccc(C(F)(F)F)c2)nc2c1N1CCCC(C1)N2C(=O)Nc1cncc(OCC(O)CO)c1. The molecule has 10 nitrogen and oxygen atoms in total. The number of halogens is 3. The molecule has 2 bridgehead atoms. The van der Waals surface area contributed by atoms with Crippen molar-refractivity contribution in [1.29, 1.82) is 0 Å². The molecule has 1 saturated heterocycles. The number of rotatable bonds is 6. The number of amides is 2. The van der Waals surface area contributed by atoms with Crippen LogP contribution in [0.5, 0.6) is 5.75 Å². The molecule has 0 aliphatic carbocycles. The van der Waals surface area contributed by atoms with Crippen LogP contribution in [0.15, 0.2) is 42.7 Å². The normalized spacial score (nSPS) is 17.4. The number of carbonyl (C=O) groups is 1. The second-order valence-electron chi connectivity index (χ2n) is 9.48. The van der Waals surface area contributed by atoms with Gasteiger partial charge in [-0.15, -0.1) is 0 Å². The molecule has 3 N–H and O–H groups in total. The lowest BCUT2D eigenvalue weighted by Crippen LogP contribution is -2.56. The highest BCUT2D eigenvalue weighted by Crippen LogP contribution is 2.41. The molecule has 2 aromatic heterocycles. The molecule has 2 unspecified atom stereocenters. The van der Waals surface area contributed by atoms with Crippen LogP contribution in [0.4, 0.5) is 35.2 Å². The highest BCUT2D eigenvalue weighted by Gasteiger charge is 2.40. The number of benzene rings is 1. The maximum atomic E-state index is 13.6. The summed E-state index contributed by atoms with van der Waals surface area (Å²) in [6, 6.07) is 5.65. The summed E-state index contributed by atoms with van der Waals surface area (Å²) in [4.78, 5) is 30.5. The lowest BCUT2D eigenvalue weighted by atomic mass is 9.99. The number of hydrogen-bond donors (Lipinski definition) is 3. The number of fused-ring (bicyclic) bond motifs is 4. The Balaban J connectivity index is 1.48. The number of nitrogens with one attached hydrogen (secondary N) is 1. The van der Waals surface area contributed by atoms with Gasteiger partial charge in [0.1, 0.15) is 24.1 Å². The summed E-state index contributed by atoms with van der Waals surface area (Å²) in [6.45, 7) is 2.49. The van der Waals surface area contributed by atoms with E-state index in [0.29, 0.717) is 29.4 Å². The minimum absolute atomic E-state index is 0.0934. The molecular formula is C26H27F3N6O4. The van der Waals surface area contributed by atoms with Crippen LogP contribution >= 0.6 is 0 Å². The molecule has 2 aliphatic rings. The third kappa shape index (κ3) is 5.59. The Kier molecular flexibility index (Phi) is 7.28. The molecule has 0 radical (unpaired) electrons. The molecule has 0 saturated carbocycles. The first kappa shape index (κ1) is 26.6. The second-order valence-corrected chi connectivity index (χ2v) is 9.48. The number of alkyl halides is 3. The van der Waals surface area contributed by atoms with E-state index in [9.17, 15) is 23.1 Å². The van der Waals surface area contributed by atoms with Crippen LogP contribution in [-0.2, 0) is 6.18 Å². The lowest BCUT2D eigenvalue weighted by Gasteiger charge is -2.46. The summed E-state index contributed by atoms with van der Waals surface area (Å²) < 4.78 is 45.5. The predicted molar refractivity (Wildman–Crippen MR) is 137 cm³/mol. The molecule has 206 valence electrons. The lowest BCUT2D eigenvalue weighted by molar-refractivity contribution is -0.137.